The van der Waals surface area contributed by atoms with E-state index < -0.39 is 0 Å². The van der Waals surface area contributed by atoms with Gasteiger partial charge in [-0.1, -0.05) is 30.7 Å². The van der Waals surface area contributed by atoms with Crippen LogP contribution in [0.5, 0.6) is 11.5 Å². The monoisotopic (exact) mass is 424 g/mol. The molecule has 0 aliphatic rings. The second-order valence-electron chi connectivity index (χ2n) is 7.13. The SMILES string of the molecule is C/C(=N\NC(=O)CCCCCC(=O)N/N=C(\C)c1cccc(O)c1)c1cccc(O)c1. The first kappa shape index (κ1) is 23.6. The van der Waals surface area contributed by atoms with E-state index in [1.807, 2.05) is 0 Å². The molecule has 0 atom stereocenters. The topological polar surface area (TPSA) is 123 Å². The van der Waals surface area contributed by atoms with Crippen LogP contribution in [0.4, 0.5) is 0 Å². The van der Waals surface area contributed by atoms with Crippen molar-refractivity contribution in [3.05, 3.63) is 59.7 Å². The van der Waals surface area contributed by atoms with Gasteiger partial charge >= 0.3 is 0 Å². The molecule has 2 aromatic rings. The number of phenolic OH excluding ortho intramolecular Hbond substituents is 2. The van der Waals surface area contributed by atoms with Gasteiger partial charge in [-0.15, -0.1) is 0 Å². The number of nitrogens with zero attached hydrogens (tertiary/aromatic N) is 2. The number of carbonyl (C=O) groups is 2. The smallest absolute Gasteiger partial charge is 0.240 e. The maximum absolute atomic E-state index is 11.9. The Hall–Kier alpha value is -3.68. The lowest BCUT2D eigenvalue weighted by Gasteiger charge is -2.05. The Bertz CT molecular complexity index is 892. The number of benzene rings is 2. The van der Waals surface area contributed by atoms with Gasteiger partial charge < -0.3 is 10.2 Å². The molecule has 0 fully saturated rings. The summed E-state index contributed by atoms with van der Waals surface area (Å²) in [6, 6.07) is 13.3. The number of hydrazone groups is 2. The van der Waals surface area contributed by atoms with E-state index in [1.54, 1.807) is 62.4 Å². The molecule has 0 spiro atoms. The summed E-state index contributed by atoms with van der Waals surface area (Å²) < 4.78 is 0. The molecule has 0 heterocycles. The minimum atomic E-state index is -0.199. The minimum absolute atomic E-state index is 0.141. The van der Waals surface area contributed by atoms with E-state index in [9.17, 15) is 19.8 Å². The van der Waals surface area contributed by atoms with Gasteiger partial charge in [-0.3, -0.25) is 9.59 Å². The molecule has 0 saturated carbocycles. The highest BCUT2D eigenvalue weighted by Gasteiger charge is 2.05. The molecule has 8 heteroatoms. The fourth-order valence-electron chi connectivity index (χ4n) is 2.74. The van der Waals surface area contributed by atoms with E-state index >= 15 is 0 Å². The quantitative estimate of drug-likeness (QED) is 0.265. The van der Waals surface area contributed by atoms with Crippen LogP contribution >= 0.6 is 0 Å². The Morgan fingerprint density at radius 3 is 1.55 bits per heavy atom. The highest BCUT2D eigenvalue weighted by atomic mass is 16.3. The predicted molar refractivity (Wildman–Crippen MR) is 120 cm³/mol. The summed E-state index contributed by atoms with van der Waals surface area (Å²) in [5.74, 6) is -0.115. The van der Waals surface area contributed by atoms with Crippen molar-refractivity contribution >= 4 is 23.2 Å². The minimum Gasteiger partial charge on any atom is -0.508 e. The lowest BCUT2D eigenvalue weighted by atomic mass is 10.1. The average Bonchev–Trinajstić information content (AvgIpc) is 2.75. The Morgan fingerprint density at radius 1 is 0.742 bits per heavy atom. The second-order valence-corrected chi connectivity index (χ2v) is 7.13. The van der Waals surface area contributed by atoms with Crippen LogP contribution in [0.2, 0.25) is 0 Å². The molecule has 164 valence electrons. The lowest BCUT2D eigenvalue weighted by Crippen LogP contribution is -2.19. The van der Waals surface area contributed by atoms with Crippen molar-refractivity contribution in [1.29, 1.82) is 0 Å². The van der Waals surface area contributed by atoms with Crippen LogP contribution in [0.3, 0.4) is 0 Å². The first-order valence-electron chi connectivity index (χ1n) is 10.1. The number of hydrogen-bond acceptors (Lipinski definition) is 6. The summed E-state index contributed by atoms with van der Waals surface area (Å²) in [6.45, 7) is 3.50. The molecule has 2 aromatic carbocycles. The van der Waals surface area contributed by atoms with E-state index in [2.05, 4.69) is 21.1 Å². The Labute approximate surface area is 181 Å². The number of nitrogens with one attached hydrogen (secondary N) is 2. The number of amides is 2. The van der Waals surface area contributed by atoms with Crippen molar-refractivity contribution < 1.29 is 19.8 Å². The standard InChI is InChI=1S/C23H28N4O4/c1-16(18-8-6-10-20(28)14-18)24-26-22(30)12-4-3-5-13-23(31)27-25-17(2)19-9-7-11-21(29)15-19/h6-11,14-15,28-29H,3-5,12-13H2,1-2H3,(H,26,30)(H,27,31)/b24-16+,25-17+. The van der Waals surface area contributed by atoms with Gasteiger partial charge in [-0.2, -0.15) is 10.2 Å². The molecule has 0 saturated heterocycles. The summed E-state index contributed by atoms with van der Waals surface area (Å²) in [5, 5.41) is 27.1. The van der Waals surface area contributed by atoms with Crippen molar-refractivity contribution in [3.8, 4) is 11.5 Å². The Morgan fingerprint density at radius 2 is 1.16 bits per heavy atom. The van der Waals surface area contributed by atoms with E-state index in [0.29, 0.717) is 37.1 Å². The summed E-state index contributed by atoms with van der Waals surface area (Å²) in [4.78, 5) is 23.8. The maximum atomic E-state index is 11.9. The third-order valence-corrected chi connectivity index (χ3v) is 4.53. The number of rotatable bonds is 10. The molecule has 0 aliphatic heterocycles. The molecule has 0 radical (unpaired) electrons. The molecule has 31 heavy (non-hydrogen) atoms. The first-order chi connectivity index (χ1) is 14.8. The number of aromatic hydroxyl groups is 2. The normalized spacial score (nSPS) is 11.8. The van der Waals surface area contributed by atoms with E-state index in [-0.39, 0.29) is 23.3 Å². The Kier molecular flexibility index (Phi) is 9.22. The van der Waals surface area contributed by atoms with Gasteiger partial charge in [0.05, 0.1) is 11.4 Å². The molecule has 0 unspecified atom stereocenters. The Balaban J connectivity index is 1.63. The van der Waals surface area contributed by atoms with Crippen molar-refractivity contribution in [2.45, 2.75) is 46.0 Å². The van der Waals surface area contributed by atoms with Crippen LogP contribution in [0, 0.1) is 0 Å². The van der Waals surface area contributed by atoms with Gasteiger partial charge in [0.25, 0.3) is 0 Å². The van der Waals surface area contributed by atoms with E-state index in [1.165, 1.54) is 0 Å². The first-order valence-corrected chi connectivity index (χ1v) is 10.1. The summed E-state index contributed by atoms with van der Waals surface area (Å²) in [7, 11) is 0. The van der Waals surface area contributed by atoms with Gasteiger partial charge in [0.2, 0.25) is 11.8 Å². The fraction of sp³-hybridized carbons (Fsp3) is 0.304. The average molecular weight is 425 g/mol. The van der Waals surface area contributed by atoms with Crippen molar-refractivity contribution in [3.63, 3.8) is 0 Å². The van der Waals surface area contributed by atoms with E-state index in [4.69, 9.17) is 0 Å². The summed E-state index contributed by atoms with van der Waals surface area (Å²) in [6.07, 6.45) is 2.64. The van der Waals surface area contributed by atoms with Crippen molar-refractivity contribution in [1.82, 2.24) is 10.9 Å². The predicted octanol–water partition coefficient (Wildman–Crippen LogP) is 3.43. The number of carbonyl (C=O) groups excluding carboxylic acids is 2. The van der Waals surface area contributed by atoms with Crippen LogP contribution in [0.15, 0.2) is 58.7 Å². The molecule has 4 N–H and O–H groups in total. The zero-order valence-electron chi connectivity index (χ0n) is 17.8. The molecule has 2 rings (SSSR count). The zero-order chi connectivity index (χ0) is 22.6. The molecule has 0 aliphatic carbocycles. The third kappa shape index (κ3) is 8.69. The van der Waals surface area contributed by atoms with E-state index in [0.717, 1.165) is 17.5 Å². The zero-order valence-corrected chi connectivity index (χ0v) is 17.8. The van der Waals surface area contributed by atoms with Crippen LogP contribution in [-0.2, 0) is 9.59 Å². The third-order valence-electron chi connectivity index (χ3n) is 4.53. The molecule has 2 amide bonds. The van der Waals surface area contributed by atoms with Crippen molar-refractivity contribution in [2.24, 2.45) is 10.2 Å². The van der Waals surface area contributed by atoms with Crippen LogP contribution in [0.25, 0.3) is 0 Å². The maximum Gasteiger partial charge on any atom is 0.240 e. The van der Waals surface area contributed by atoms with Gasteiger partial charge in [-0.25, -0.2) is 10.9 Å². The fourth-order valence-corrected chi connectivity index (χ4v) is 2.74. The number of unbranched alkanes of at least 4 members (excludes halogenated alkanes) is 2. The van der Waals surface area contributed by atoms with Gasteiger partial charge in [0.1, 0.15) is 11.5 Å². The highest BCUT2D eigenvalue weighted by molar-refractivity contribution is 6.00. The van der Waals surface area contributed by atoms with Gasteiger partial charge in [-0.05, 0) is 51.0 Å². The highest BCUT2D eigenvalue weighted by Crippen LogP contribution is 2.12. The van der Waals surface area contributed by atoms with Crippen LogP contribution < -0.4 is 10.9 Å². The van der Waals surface area contributed by atoms with Crippen LogP contribution in [-0.4, -0.2) is 33.5 Å². The molecule has 0 aromatic heterocycles. The van der Waals surface area contributed by atoms with Gasteiger partial charge in [0.15, 0.2) is 0 Å². The van der Waals surface area contributed by atoms with Gasteiger partial charge in [0, 0.05) is 24.0 Å². The van der Waals surface area contributed by atoms with Crippen molar-refractivity contribution in [2.75, 3.05) is 0 Å². The molecular weight excluding hydrogens is 396 g/mol. The molecule has 8 nitrogen and oxygen atoms in total. The summed E-state index contributed by atoms with van der Waals surface area (Å²) in [5.41, 5.74) is 7.67. The second kappa shape index (κ2) is 12.1. The number of hydrogen-bond donors (Lipinski definition) is 4. The lowest BCUT2D eigenvalue weighted by molar-refractivity contribution is -0.121. The summed E-state index contributed by atoms with van der Waals surface area (Å²) >= 11 is 0. The van der Waals surface area contributed by atoms with Crippen LogP contribution in [0.1, 0.15) is 57.1 Å². The molecular formula is C23H28N4O4. The largest absolute Gasteiger partial charge is 0.508 e. The molecule has 0 bridgehead atoms. The number of phenols is 2.